The molecule has 1 atom stereocenters. The molecule has 2 heterocycles. The van der Waals surface area contributed by atoms with Gasteiger partial charge in [-0.15, -0.1) is 11.3 Å². The minimum atomic E-state index is -3.44. The van der Waals surface area contributed by atoms with E-state index in [-0.39, 0.29) is 36.0 Å². The molecule has 1 aliphatic rings. The quantitative estimate of drug-likeness (QED) is 0.415. The van der Waals surface area contributed by atoms with Crippen LogP contribution in [0.5, 0.6) is 0 Å². The van der Waals surface area contributed by atoms with E-state index in [1.165, 1.54) is 24.3 Å². The monoisotopic (exact) mass is 550 g/mol. The molecule has 9 nitrogen and oxygen atoms in total. The molecule has 4 amide bonds. The van der Waals surface area contributed by atoms with Gasteiger partial charge in [0.2, 0.25) is 5.91 Å². The van der Waals surface area contributed by atoms with Crippen LogP contribution in [-0.2, 0) is 19.1 Å². The Morgan fingerprint density at radius 3 is 2.47 bits per heavy atom. The Morgan fingerprint density at radius 2 is 1.86 bits per heavy atom. The summed E-state index contributed by atoms with van der Waals surface area (Å²) in [6.45, 7) is -0.639. The van der Waals surface area contributed by atoms with E-state index in [2.05, 4.69) is 10.6 Å². The number of carbonyl (C=O) groups excluding carboxylic acids is 4. The van der Waals surface area contributed by atoms with Crippen LogP contribution in [0.4, 0.5) is 28.9 Å². The van der Waals surface area contributed by atoms with Crippen molar-refractivity contribution in [1.29, 1.82) is 0 Å². The molecule has 1 saturated heterocycles. The number of hydrogen-bond donors (Lipinski definition) is 3. The van der Waals surface area contributed by atoms with Gasteiger partial charge in [-0.1, -0.05) is 11.6 Å². The molecule has 15 heteroatoms. The van der Waals surface area contributed by atoms with Crippen molar-refractivity contribution >= 4 is 57.9 Å². The maximum absolute atomic E-state index is 13.7. The Morgan fingerprint density at radius 1 is 1.11 bits per heavy atom. The maximum Gasteiger partial charge on any atom is 0.315 e. The predicted octanol–water partition coefficient (Wildman–Crippen LogP) is 2.82. The topological polar surface area (TPSA) is 117 Å². The number of rotatable bonds is 9. The number of benzene rings is 1. The first kappa shape index (κ1) is 27.4. The van der Waals surface area contributed by atoms with E-state index in [0.29, 0.717) is 4.34 Å². The summed E-state index contributed by atoms with van der Waals surface area (Å²) in [6, 6.07) is 4.57. The van der Waals surface area contributed by atoms with Crippen molar-refractivity contribution in [3.05, 3.63) is 45.1 Å². The number of alkyl halides is 4. The van der Waals surface area contributed by atoms with Gasteiger partial charge in [0.15, 0.2) is 0 Å². The van der Waals surface area contributed by atoms with Crippen molar-refractivity contribution in [3.63, 3.8) is 0 Å². The minimum absolute atomic E-state index is 0.0567. The third-order valence-electron chi connectivity index (χ3n) is 4.90. The smallest absolute Gasteiger partial charge is 0.315 e. The highest BCUT2D eigenvalue weighted by molar-refractivity contribution is 7.18. The first-order valence-corrected chi connectivity index (χ1v) is 11.5. The molecule has 0 saturated carbocycles. The lowest BCUT2D eigenvalue weighted by atomic mass is 10.1. The largest absolute Gasteiger partial charge is 0.370 e. The van der Waals surface area contributed by atoms with Crippen LogP contribution in [-0.4, -0.2) is 62.4 Å². The Labute approximate surface area is 210 Å². The number of morpholine rings is 1. The predicted molar refractivity (Wildman–Crippen MR) is 123 cm³/mol. The Kier molecular flexibility index (Phi) is 9.23. The molecular weight excluding hydrogens is 532 g/mol. The zero-order valence-electron chi connectivity index (χ0n) is 18.2. The van der Waals surface area contributed by atoms with Gasteiger partial charge in [-0.2, -0.15) is 8.78 Å². The zero-order chi connectivity index (χ0) is 26.4. The van der Waals surface area contributed by atoms with Gasteiger partial charge < -0.3 is 25.6 Å². The second-order valence-corrected chi connectivity index (χ2v) is 9.05. The number of amides is 4. The number of halogens is 5. The van der Waals surface area contributed by atoms with E-state index >= 15 is 0 Å². The number of nitrogens with zero attached hydrogens (tertiary/aromatic N) is 1. The van der Waals surface area contributed by atoms with Gasteiger partial charge in [0.25, 0.3) is 24.1 Å². The highest BCUT2D eigenvalue weighted by Gasteiger charge is 2.28. The molecule has 1 fully saturated rings. The highest BCUT2D eigenvalue weighted by atomic mass is 35.5. The van der Waals surface area contributed by atoms with E-state index in [4.69, 9.17) is 16.3 Å². The molecule has 2 aromatic rings. The van der Waals surface area contributed by atoms with Crippen molar-refractivity contribution in [1.82, 2.24) is 10.6 Å². The zero-order valence-corrected chi connectivity index (χ0v) is 19.8. The van der Waals surface area contributed by atoms with E-state index in [1.807, 2.05) is 0 Å². The fourth-order valence-corrected chi connectivity index (χ4v) is 4.18. The Balaban J connectivity index is 1.77. The summed E-state index contributed by atoms with van der Waals surface area (Å²) < 4.78 is 58.3. The van der Waals surface area contributed by atoms with E-state index in [1.54, 1.807) is 5.32 Å². The SMILES string of the molecule is O=C(NC[C@H](NC(=O)C(F)F)C(=O)Nc1ccc(N2CCOCC2=O)c(C(F)F)c1)c1ccc(Cl)s1. The Bertz CT molecular complexity index is 1150. The van der Waals surface area contributed by atoms with Crippen molar-refractivity contribution in [3.8, 4) is 0 Å². The van der Waals surface area contributed by atoms with Gasteiger partial charge in [-0.3, -0.25) is 19.2 Å². The standard InChI is InChI=1S/C21H19ClF4N4O5S/c22-15-4-3-14(36-15)20(33)27-8-12(29-21(34)18(25)26)19(32)28-10-1-2-13(11(7-10)17(23)24)30-5-6-35-9-16(30)31/h1-4,7,12,17-18H,5-6,8-9H2,(H,27,33)(H,28,32)(H,29,34)/t12-/m0/s1. The fraction of sp³-hybridized carbons (Fsp3) is 0.333. The minimum Gasteiger partial charge on any atom is -0.370 e. The lowest BCUT2D eigenvalue weighted by Crippen LogP contribution is -2.52. The van der Waals surface area contributed by atoms with E-state index in [0.717, 1.165) is 22.3 Å². The van der Waals surface area contributed by atoms with Crippen LogP contribution in [0.15, 0.2) is 30.3 Å². The van der Waals surface area contributed by atoms with Crippen molar-refractivity contribution in [2.24, 2.45) is 0 Å². The second-order valence-electron chi connectivity index (χ2n) is 7.34. The molecule has 0 aliphatic carbocycles. The van der Waals surface area contributed by atoms with Crippen LogP contribution in [0.3, 0.4) is 0 Å². The molecule has 3 N–H and O–H groups in total. The first-order chi connectivity index (χ1) is 17.1. The van der Waals surface area contributed by atoms with Crippen LogP contribution < -0.4 is 20.9 Å². The molecular formula is C21H19ClF4N4O5S. The number of ether oxygens (including phenoxy) is 1. The lowest BCUT2D eigenvalue weighted by molar-refractivity contribution is -0.134. The molecule has 0 radical (unpaired) electrons. The average Bonchev–Trinajstić information content (AvgIpc) is 3.28. The summed E-state index contributed by atoms with van der Waals surface area (Å²) in [5.41, 5.74) is -0.771. The first-order valence-electron chi connectivity index (χ1n) is 10.3. The van der Waals surface area contributed by atoms with Gasteiger partial charge in [0, 0.05) is 24.3 Å². The van der Waals surface area contributed by atoms with Crippen LogP contribution >= 0.6 is 22.9 Å². The molecule has 194 valence electrons. The molecule has 1 aliphatic heterocycles. The second kappa shape index (κ2) is 12.1. The van der Waals surface area contributed by atoms with Gasteiger partial charge in [-0.05, 0) is 30.3 Å². The van der Waals surface area contributed by atoms with E-state index in [9.17, 15) is 36.7 Å². The molecule has 0 unspecified atom stereocenters. The summed E-state index contributed by atoms with van der Waals surface area (Å²) >= 11 is 6.70. The third-order valence-corrected chi connectivity index (χ3v) is 6.13. The van der Waals surface area contributed by atoms with Gasteiger partial charge in [0.05, 0.1) is 21.5 Å². The van der Waals surface area contributed by atoms with Gasteiger partial charge in [0.1, 0.15) is 12.6 Å². The summed E-state index contributed by atoms with van der Waals surface area (Å²) in [4.78, 5) is 49.8. The molecule has 0 spiro atoms. The summed E-state index contributed by atoms with van der Waals surface area (Å²) in [5.74, 6) is -4.00. The molecule has 0 bridgehead atoms. The number of nitrogens with one attached hydrogen (secondary N) is 3. The van der Waals surface area contributed by atoms with Gasteiger partial charge in [-0.25, -0.2) is 8.78 Å². The number of anilines is 2. The fourth-order valence-electron chi connectivity index (χ4n) is 3.22. The molecule has 36 heavy (non-hydrogen) atoms. The van der Waals surface area contributed by atoms with Crippen molar-refractivity contribution in [2.75, 3.05) is 36.5 Å². The number of hydrogen-bond acceptors (Lipinski definition) is 6. The van der Waals surface area contributed by atoms with Crippen LogP contribution in [0.25, 0.3) is 0 Å². The highest BCUT2D eigenvalue weighted by Crippen LogP contribution is 2.33. The number of carbonyl (C=O) groups is 4. The molecule has 3 rings (SSSR count). The van der Waals surface area contributed by atoms with Crippen molar-refractivity contribution in [2.45, 2.75) is 18.9 Å². The van der Waals surface area contributed by atoms with E-state index < -0.39 is 54.6 Å². The normalized spacial score (nSPS) is 14.6. The average molecular weight is 551 g/mol. The number of thiophene rings is 1. The van der Waals surface area contributed by atoms with Crippen LogP contribution in [0.2, 0.25) is 4.34 Å². The third kappa shape index (κ3) is 6.92. The molecule has 1 aromatic heterocycles. The summed E-state index contributed by atoms with van der Waals surface area (Å²) in [7, 11) is 0. The summed E-state index contributed by atoms with van der Waals surface area (Å²) in [5, 5.41) is 6.39. The Hall–Kier alpha value is -3.23. The summed E-state index contributed by atoms with van der Waals surface area (Å²) in [6.07, 6.45) is -6.46. The van der Waals surface area contributed by atoms with Crippen LogP contribution in [0, 0.1) is 0 Å². The lowest BCUT2D eigenvalue weighted by Gasteiger charge is -2.29. The molecule has 1 aromatic carbocycles. The maximum atomic E-state index is 13.7. The van der Waals surface area contributed by atoms with Crippen molar-refractivity contribution < 1.29 is 41.5 Å². The van der Waals surface area contributed by atoms with Crippen LogP contribution in [0.1, 0.15) is 21.7 Å². The van der Waals surface area contributed by atoms with Gasteiger partial charge >= 0.3 is 6.43 Å².